The number of rotatable bonds is 7. The van der Waals surface area contributed by atoms with Gasteiger partial charge in [0.15, 0.2) is 5.82 Å². The van der Waals surface area contributed by atoms with E-state index in [0.717, 1.165) is 42.7 Å². The van der Waals surface area contributed by atoms with Crippen LogP contribution < -0.4 is 16.0 Å². The fourth-order valence-corrected chi connectivity index (χ4v) is 5.85. The topological polar surface area (TPSA) is 131 Å². The van der Waals surface area contributed by atoms with Crippen LogP contribution in [0.2, 0.25) is 0 Å². The highest BCUT2D eigenvalue weighted by Crippen LogP contribution is 2.42. The lowest BCUT2D eigenvalue weighted by Gasteiger charge is -2.31. The summed E-state index contributed by atoms with van der Waals surface area (Å²) < 4.78 is 22.8. The summed E-state index contributed by atoms with van der Waals surface area (Å²) in [7, 11) is 0. The van der Waals surface area contributed by atoms with Crippen molar-refractivity contribution in [2.75, 3.05) is 35.7 Å². The number of nitrogens with two attached hydrogens (primary N) is 1. The molecule has 0 bridgehead atoms. The summed E-state index contributed by atoms with van der Waals surface area (Å²) in [5, 5.41) is 13.7. The van der Waals surface area contributed by atoms with Gasteiger partial charge < -0.3 is 30.4 Å². The number of hydrogen-bond acceptors (Lipinski definition) is 8. The van der Waals surface area contributed by atoms with Gasteiger partial charge in [0.05, 0.1) is 36.2 Å². The first kappa shape index (κ1) is 25.6. The number of nitrogens with zero attached hydrogens (tertiary/aromatic N) is 5. The van der Waals surface area contributed by atoms with E-state index < -0.39 is 11.7 Å². The minimum Gasteiger partial charge on any atom is -0.392 e. The summed E-state index contributed by atoms with van der Waals surface area (Å²) in [4.78, 5) is 28.3. The number of aromatic nitrogens is 4. The highest BCUT2D eigenvalue weighted by molar-refractivity contribution is 6.09. The van der Waals surface area contributed by atoms with E-state index in [0.29, 0.717) is 42.3 Å². The second-order valence-corrected chi connectivity index (χ2v) is 10.8. The van der Waals surface area contributed by atoms with E-state index in [1.165, 1.54) is 11.0 Å². The van der Waals surface area contributed by atoms with E-state index in [4.69, 9.17) is 10.5 Å². The average Bonchev–Trinajstić information content (AvgIpc) is 3.47. The van der Waals surface area contributed by atoms with Crippen LogP contribution in [0.3, 0.4) is 0 Å². The summed E-state index contributed by atoms with van der Waals surface area (Å²) >= 11 is 0. The van der Waals surface area contributed by atoms with Gasteiger partial charge in [0, 0.05) is 36.7 Å². The number of nitrogens with one attached hydrogen (secondary N) is 1. The van der Waals surface area contributed by atoms with Crippen molar-refractivity contribution in [3.05, 3.63) is 76.9 Å². The summed E-state index contributed by atoms with van der Waals surface area (Å²) in [5.74, 6) is -0.0106. The Hall–Kier alpha value is -4.35. The summed E-state index contributed by atoms with van der Waals surface area (Å²) in [5.41, 5.74) is 10.1. The Labute approximate surface area is 236 Å². The molecule has 2 aliphatic heterocycles. The Bertz CT molecular complexity index is 1650. The highest BCUT2D eigenvalue weighted by Gasteiger charge is 2.33. The van der Waals surface area contributed by atoms with Crippen LogP contribution in [-0.2, 0) is 17.8 Å². The molecule has 210 valence electrons. The Morgan fingerprint density at radius 2 is 2.02 bits per heavy atom. The lowest BCUT2D eigenvalue weighted by molar-refractivity contribution is 0.0976. The standard InChI is InChI=1S/C30H30FN7O3/c31-24-13-19(17-4-5-17)12-18-6-10-38(28(40)26(18)24)25-3-1-2-22(23(25)15-39)27-34-29(32)36-30(35-27)33-20-7-9-37(14-20)21-8-11-41-16-21/h1-3,7,9,12-14,17,21,39H,4-6,8,10-11,15-16H2,(H3,32,33,34,35,36)/t21-/m0/s1. The monoisotopic (exact) mass is 555 g/mol. The molecule has 4 aromatic rings. The third kappa shape index (κ3) is 4.81. The maximum absolute atomic E-state index is 15.2. The first-order valence-corrected chi connectivity index (χ1v) is 13.9. The van der Waals surface area contributed by atoms with E-state index in [9.17, 15) is 9.90 Å². The molecule has 2 aromatic carbocycles. The highest BCUT2D eigenvalue weighted by atomic mass is 19.1. The smallest absolute Gasteiger partial charge is 0.261 e. The predicted molar refractivity (Wildman–Crippen MR) is 152 cm³/mol. The van der Waals surface area contributed by atoms with Crippen LogP contribution in [0.4, 0.5) is 27.7 Å². The van der Waals surface area contributed by atoms with Crippen molar-refractivity contribution < 1.29 is 19.0 Å². The van der Waals surface area contributed by atoms with Crippen LogP contribution in [0.15, 0.2) is 48.8 Å². The van der Waals surface area contributed by atoms with Crippen molar-refractivity contribution in [2.24, 2.45) is 0 Å². The number of aliphatic hydroxyl groups excluding tert-OH is 1. The number of carbonyl (C=O) groups is 1. The first-order chi connectivity index (χ1) is 20.0. The second kappa shape index (κ2) is 10.2. The Morgan fingerprint density at radius 3 is 2.80 bits per heavy atom. The van der Waals surface area contributed by atoms with Crippen molar-refractivity contribution in [2.45, 2.75) is 44.2 Å². The van der Waals surface area contributed by atoms with Gasteiger partial charge in [-0.25, -0.2) is 4.39 Å². The summed E-state index contributed by atoms with van der Waals surface area (Å²) in [6, 6.07) is 11.0. The van der Waals surface area contributed by atoms with Gasteiger partial charge in [0.1, 0.15) is 5.82 Å². The molecule has 4 N–H and O–H groups in total. The molecule has 0 spiro atoms. The molecule has 1 saturated heterocycles. The van der Waals surface area contributed by atoms with Gasteiger partial charge in [-0.1, -0.05) is 18.2 Å². The number of anilines is 4. The Kier molecular flexibility index (Phi) is 6.40. The number of aliphatic hydroxyl groups is 1. The minimum atomic E-state index is -0.490. The van der Waals surface area contributed by atoms with Gasteiger partial charge >= 0.3 is 0 Å². The van der Waals surface area contributed by atoms with Crippen molar-refractivity contribution in [1.29, 1.82) is 0 Å². The summed E-state index contributed by atoms with van der Waals surface area (Å²) in [6.07, 6.45) is 7.54. The average molecular weight is 556 g/mol. The van der Waals surface area contributed by atoms with Crippen molar-refractivity contribution >= 4 is 29.2 Å². The maximum atomic E-state index is 15.2. The molecule has 1 saturated carbocycles. The molecule has 1 amide bonds. The van der Waals surface area contributed by atoms with Gasteiger partial charge in [-0.15, -0.1) is 0 Å². The van der Waals surface area contributed by atoms with Crippen LogP contribution in [-0.4, -0.2) is 50.3 Å². The number of fused-ring (bicyclic) bond motifs is 1. The lowest BCUT2D eigenvalue weighted by Crippen LogP contribution is -2.39. The molecule has 41 heavy (non-hydrogen) atoms. The van der Waals surface area contributed by atoms with E-state index >= 15 is 4.39 Å². The molecule has 1 atom stereocenters. The van der Waals surface area contributed by atoms with Crippen molar-refractivity contribution in [3.63, 3.8) is 0 Å². The number of carbonyl (C=O) groups excluding carboxylic acids is 1. The normalized spacial score (nSPS) is 18.5. The van der Waals surface area contributed by atoms with Gasteiger partial charge in [0.2, 0.25) is 11.9 Å². The molecule has 2 aromatic heterocycles. The van der Waals surface area contributed by atoms with E-state index in [1.54, 1.807) is 18.2 Å². The van der Waals surface area contributed by atoms with E-state index in [1.807, 2.05) is 24.5 Å². The second-order valence-electron chi connectivity index (χ2n) is 10.8. The zero-order valence-electron chi connectivity index (χ0n) is 22.4. The fraction of sp³-hybridized carbons (Fsp3) is 0.333. The Morgan fingerprint density at radius 1 is 1.15 bits per heavy atom. The molecule has 0 unspecified atom stereocenters. The van der Waals surface area contributed by atoms with Gasteiger partial charge in [-0.2, -0.15) is 15.0 Å². The molecule has 2 fully saturated rings. The number of amides is 1. The number of ether oxygens (including phenoxy) is 1. The largest absolute Gasteiger partial charge is 0.392 e. The molecule has 11 heteroatoms. The minimum absolute atomic E-state index is 0.00642. The van der Waals surface area contributed by atoms with Crippen molar-refractivity contribution in [1.82, 2.24) is 19.5 Å². The van der Waals surface area contributed by atoms with Gasteiger partial charge in [-0.05, 0) is 60.9 Å². The Balaban J connectivity index is 1.19. The fourth-order valence-electron chi connectivity index (χ4n) is 5.85. The predicted octanol–water partition coefficient (Wildman–Crippen LogP) is 4.34. The molecule has 0 radical (unpaired) electrons. The van der Waals surface area contributed by atoms with E-state index in [2.05, 4.69) is 24.8 Å². The molecule has 10 nitrogen and oxygen atoms in total. The zero-order valence-corrected chi connectivity index (χ0v) is 22.4. The van der Waals surface area contributed by atoms with Crippen LogP contribution in [0.5, 0.6) is 0 Å². The number of hydrogen-bond donors (Lipinski definition) is 3. The van der Waals surface area contributed by atoms with Crippen LogP contribution in [0.25, 0.3) is 11.4 Å². The van der Waals surface area contributed by atoms with Crippen LogP contribution in [0, 0.1) is 5.82 Å². The SMILES string of the molecule is Nc1nc(Nc2ccn([C@H]3CCOC3)c2)nc(-c2cccc(N3CCc4cc(C5CC5)cc(F)c4C3=O)c2CO)n1. The molecule has 3 aliphatic rings. The third-order valence-electron chi connectivity index (χ3n) is 8.10. The summed E-state index contributed by atoms with van der Waals surface area (Å²) in [6.45, 7) is 1.41. The molecular formula is C30H30FN7O3. The molecule has 4 heterocycles. The quantitative estimate of drug-likeness (QED) is 0.307. The molecule has 7 rings (SSSR count). The third-order valence-corrected chi connectivity index (χ3v) is 8.10. The van der Waals surface area contributed by atoms with E-state index in [-0.39, 0.29) is 35.9 Å². The van der Waals surface area contributed by atoms with Gasteiger partial charge in [-0.3, -0.25) is 4.79 Å². The molecular weight excluding hydrogens is 525 g/mol. The van der Waals surface area contributed by atoms with Crippen LogP contribution in [0.1, 0.15) is 58.3 Å². The zero-order chi connectivity index (χ0) is 28.1. The number of nitrogen functional groups attached to an aromatic ring is 1. The number of benzene rings is 2. The first-order valence-electron chi connectivity index (χ1n) is 13.9. The van der Waals surface area contributed by atoms with Crippen LogP contribution >= 0.6 is 0 Å². The number of halogens is 1. The molecule has 1 aliphatic carbocycles. The van der Waals surface area contributed by atoms with Gasteiger partial charge in [0.25, 0.3) is 5.91 Å². The van der Waals surface area contributed by atoms with Crippen molar-refractivity contribution in [3.8, 4) is 11.4 Å². The maximum Gasteiger partial charge on any atom is 0.261 e. The lowest BCUT2D eigenvalue weighted by atomic mass is 9.93.